The Hall–Kier alpha value is -0.910. The second-order valence-corrected chi connectivity index (χ2v) is 7.18. The van der Waals surface area contributed by atoms with Gasteiger partial charge >= 0.3 is 12.1 Å². The summed E-state index contributed by atoms with van der Waals surface area (Å²) in [6.45, 7) is 9.09. The topological polar surface area (TPSA) is 69.8 Å². The third kappa shape index (κ3) is 3.28. The average Bonchev–Trinajstić information content (AvgIpc) is 2.37. The predicted octanol–water partition coefficient (Wildman–Crippen LogP) is 1.66. The Balaban J connectivity index is 3.05. The lowest BCUT2D eigenvalue weighted by atomic mass is 10.0. The SMILES string of the molecule is CC(C)(C)O/C(O)=[N+]1/CSC(C)(C)C1C(=O)O. The molecule has 2 N–H and O–H groups in total. The molecule has 0 amide bonds. The Labute approximate surface area is 105 Å². The summed E-state index contributed by atoms with van der Waals surface area (Å²) in [5, 5.41) is 19.1. The van der Waals surface area contributed by atoms with Crippen molar-refractivity contribution in [2.24, 2.45) is 0 Å². The van der Waals surface area contributed by atoms with Gasteiger partial charge in [0.1, 0.15) is 5.60 Å². The van der Waals surface area contributed by atoms with Gasteiger partial charge in [-0.1, -0.05) is 11.8 Å². The van der Waals surface area contributed by atoms with E-state index in [4.69, 9.17) is 4.74 Å². The van der Waals surface area contributed by atoms with Crippen LogP contribution >= 0.6 is 11.8 Å². The maximum Gasteiger partial charge on any atom is 0.548 e. The fourth-order valence-electron chi connectivity index (χ4n) is 1.69. The fourth-order valence-corrected chi connectivity index (χ4v) is 2.81. The maximum absolute atomic E-state index is 11.3. The van der Waals surface area contributed by atoms with Crippen molar-refractivity contribution in [2.45, 2.75) is 51.0 Å². The predicted molar refractivity (Wildman–Crippen MR) is 66.7 cm³/mol. The number of hydrogen-bond acceptors (Lipinski definition) is 3. The molecular formula is C11H20NO4S+. The van der Waals surface area contributed by atoms with Gasteiger partial charge < -0.3 is 14.9 Å². The van der Waals surface area contributed by atoms with Crippen molar-refractivity contribution in [3.63, 3.8) is 0 Å². The summed E-state index contributed by atoms with van der Waals surface area (Å²) in [6, 6.07) is -0.783. The number of carboxylic acids is 1. The van der Waals surface area contributed by atoms with Crippen molar-refractivity contribution in [3.8, 4) is 0 Å². The lowest BCUT2D eigenvalue weighted by molar-refractivity contribution is -0.549. The van der Waals surface area contributed by atoms with Gasteiger partial charge in [0.2, 0.25) is 0 Å². The number of aliphatic hydroxyl groups is 1. The largest absolute Gasteiger partial charge is 0.548 e. The van der Waals surface area contributed by atoms with Crippen molar-refractivity contribution in [3.05, 3.63) is 0 Å². The smallest absolute Gasteiger partial charge is 0.476 e. The highest BCUT2D eigenvalue weighted by molar-refractivity contribution is 8.00. The number of ether oxygens (including phenoxy) is 1. The van der Waals surface area contributed by atoms with E-state index in [-0.39, 0.29) is 6.08 Å². The fraction of sp³-hybridized carbons (Fsp3) is 0.818. The molecule has 1 aliphatic heterocycles. The Bertz CT molecular complexity index is 357. The third-order valence-corrected chi connectivity index (χ3v) is 3.80. The number of aliphatic hydroxyl groups excluding tert-OH is 1. The number of carbonyl (C=O) groups is 1. The lowest BCUT2D eigenvalue weighted by Crippen LogP contribution is -2.45. The molecule has 1 saturated heterocycles. The molecule has 1 atom stereocenters. The molecule has 1 unspecified atom stereocenters. The zero-order chi connectivity index (χ0) is 13.4. The van der Waals surface area contributed by atoms with Crippen LogP contribution in [0.4, 0.5) is 0 Å². The second kappa shape index (κ2) is 4.40. The van der Waals surface area contributed by atoms with Crippen LogP contribution in [0.3, 0.4) is 0 Å². The van der Waals surface area contributed by atoms with E-state index in [0.717, 1.165) is 0 Å². The van der Waals surface area contributed by atoms with Crippen molar-refractivity contribution in [1.29, 1.82) is 0 Å². The Morgan fingerprint density at radius 2 is 1.94 bits per heavy atom. The normalized spacial score (nSPS) is 26.8. The molecule has 1 fully saturated rings. The van der Waals surface area contributed by atoms with Crippen LogP contribution in [0.5, 0.6) is 0 Å². The molecule has 1 aliphatic rings. The van der Waals surface area contributed by atoms with E-state index in [1.54, 1.807) is 20.8 Å². The number of carboxylic acid groups (broad SMARTS) is 1. The first kappa shape index (κ1) is 14.2. The van der Waals surface area contributed by atoms with E-state index in [1.165, 1.54) is 16.3 Å². The molecule has 0 aliphatic carbocycles. The molecule has 0 aromatic heterocycles. The average molecular weight is 262 g/mol. The van der Waals surface area contributed by atoms with Crippen LogP contribution in [0.25, 0.3) is 0 Å². The zero-order valence-corrected chi connectivity index (χ0v) is 11.7. The minimum atomic E-state index is -0.955. The van der Waals surface area contributed by atoms with Gasteiger partial charge in [-0.25, -0.2) is 4.79 Å². The van der Waals surface area contributed by atoms with Gasteiger partial charge in [0, 0.05) is 0 Å². The molecule has 0 saturated carbocycles. The highest BCUT2D eigenvalue weighted by Crippen LogP contribution is 2.37. The van der Waals surface area contributed by atoms with Gasteiger partial charge in [0.25, 0.3) is 6.04 Å². The summed E-state index contributed by atoms with van der Waals surface area (Å²) >= 11 is 1.48. The van der Waals surface area contributed by atoms with Gasteiger partial charge in [0.15, 0.2) is 5.88 Å². The third-order valence-electron chi connectivity index (χ3n) is 2.42. The van der Waals surface area contributed by atoms with E-state index in [0.29, 0.717) is 5.88 Å². The minimum absolute atomic E-state index is 0.317. The Morgan fingerprint density at radius 3 is 2.35 bits per heavy atom. The summed E-state index contributed by atoms with van der Waals surface area (Å²) in [5.41, 5.74) is -0.551. The molecule has 0 aromatic rings. The molecule has 17 heavy (non-hydrogen) atoms. The molecule has 1 heterocycles. The molecule has 98 valence electrons. The van der Waals surface area contributed by atoms with E-state index in [9.17, 15) is 15.0 Å². The summed E-state index contributed by atoms with van der Waals surface area (Å²) in [6.07, 6.45) is -0.317. The van der Waals surface area contributed by atoms with Gasteiger partial charge in [-0.3, -0.25) is 0 Å². The summed E-state index contributed by atoms with van der Waals surface area (Å²) in [4.78, 5) is 11.3. The van der Waals surface area contributed by atoms with Crippen LogP contribution in [0.1, 0.15) is 34.6 Å². The van der Waals surface area contributed by atoms with Crippen molar-refractivity contribution in [1.82, 2.24) is 0 Å². The molecule has 1 rings (SSSR count). The van der Waals surface area contributed by atoms with Gasteiger partial charge in [0.05, 0.1) is 4.75 Å². The molecule has 0 aromatic carbocycles. The lowest BCUT2D eigenvalue weighted by Gasteiger charge is -2.19. The van der Waals surface area contributed by atoms with Gasteiger partial charge in [-0.2, -0.15) is 0 Å². The molecule has 0 spiro atoms. The Morgan fingerprint density at radius 1 is 1.41 bits per heavy atom. The molecule has 0 bridgehead atoms. The first-order valence-electron chi connectivity index (χ1n) is 5.43. The summed E-state index contributed by atoms with van der Waals surface area (Å²) < 4.78 is 6.25. The quantitative estimate of drug-likeness (QED) is 0.555. The number of rotatable bonds is 1. The first-order valence-corrected chi connectivity index (χ1v) is 6.41. The van der Waals surface area contributed by atoms with Crippen molar-refractivity contribution < 1.29 is 24.3 Å². The Kier molecular flexibility index (Phi) is 3.66. The van der Waals surface area contributed by atoms with Crippen molar-refractivity contribution >= 4 is 23.8 Å². The van der Waals surface area contributed by atoms with E-state index in [1.807, 2.05) is 13.8 Å². The standard InChI is InChI=1S/C11H19NO4S/c1-10(2,3)16-9(15)12-6-17-11(4,5)7(12)8(13)14/h7H,6H2,1-5H3,(H,13,14)/p+1. The first-order chi connectivity index (χ1) is 7.54. The van der Waals surface area contributed by atoms with Crippen LogP contribution < -0.4 is 0 Å². The van der Waals surface area contributed by atoms with Crippen LogP contribution in [0.2, 0.25) is 0 Å². The van der Waals surface area contributed by atoms with E-state index < -0.39 is 22.4 Å². The maximum atomic E-state index is 11.3. The molecular weight excluding hydrogens is 242 g/mol. The zero-order valence-electron chi connectivity index (χ0n) is 10.9. The van der Waals surface area contributed by atoms with Gasteiger partial charge in [-0.15, -0.1) is 4.58 Å². The van der Waals surface area contributed by atoms with Crippen molar-refractivity contribution in [2.75, 3.05) is 5.88 Å². The highest BCUT2D eigenvalue weighted by atomic mass is 32.2. The summed E-state index contributed by atoms with van der Waals surface area (Å²) in [5.74, 6) is -0.546. The minimum Gasteiger partial charge on any atom is -0.476 e. The number of thioether (sulfide) groups is 1. The van der Waals surface area contributed by atoms with E-state index in [2.05, 4.69) is 0 Å². The van der Waals surface area contributed by atoms with Crippen LogP contribution in [-0.2, 0) is 9.53 Å². The molecule has 0 radical (unpaired) electrons. The monoisotopic (exact) mass is 262 g/mol. The van der Waals surface area contributed by atoms with Crippen LogP contribution in [0, 0.1) is 0 Å². The number of hydrogen-bond donors (Lipinski definition) is 2. The number of aliphatic carboxylic acids is 1. The summed E-state index contributed by atoms with van der Waals surface area (Å²) in [7, 11) is 0. The van der Waals surface area contributed by atoms with Crippen LogP contribution in [-0.4, -0.2) is 49.1 Å². The molecule has 5 nitrogen and oxygen atoms in total. The van der Waals surface area contributed by atoms with E-state index >= 15 is 0 Å². The number of nitrogens with zero attached hydrogens (tertiary/aromatic N) is 1. The molecule has 6 heteroatoms. The second-order valence-electron chi connectivity index (χ2n) is 5.58. The van der Waals surface area contributed by atoms with Crippen LogP contribution in [0.15, 0.2) is 0 Å². The van der Waals surface area contributed by atoms with Gasteiger partial charge in [-0.05, 0) is 34.6 Å². The highest BCUT2D eigenvalue weighted by Gasteiger charge is 2.53.